The lowest BCUT2D eigenvalue weighted by Crippen LogP contribution is -2.33. The van der Waals surface area contributed by atoms with Crippen LogP contribution in [0.3, 0.4) is 0 Å². The Morgan fingerprint density at radius 3 is 2.70 bits per heavy atom. The zero-order valence-electron chi connectivity index (χ0n) is 13.4. The van der Waals surface area contributed by atoms with Crippen LogP contribution in [0.5, 0.6) is 5.75 Å². The molecule has 2 heterocycles. The highest BCUT2D eigenvalue weighted by Crippen LogP contribution is 2.29. The summed E-state index contributed by atoms with van der Waals surface area (Å²) in [4.78, 5) is 11.0. The van der Waals surface area contributed by atoms with Crippen molar-refractivity contribution in [1.82, 2.24) is 9.97 Å². The smallest absolute Gasteiger partial charge is 0.137 e. The molecular weight excluding hydrogens is 312 g/mol. The molecule has 3 rings (SSSR count). The van der Waals surface area contributed by atoms with Crippen molar-refractivity contribution < 1.29 is 4.74 Å². The molecular formula is C17H21ClN4O. The number of nitrogens with one attached hydrogen (secondary N) is 1. The molecule has 0 unspecified atom stereocenters. The van der Waals surface area contributed by atoms with Crippen LogP contribution >= 0.6 is 11.6 Å². The number of benzene rings is 1. The number of aromatic nitrogens is 2. The van der Waals surface area contributed by atoms with Crippen LogP contribution in [0, 0.1) is 5.92 Å². The molecule has 23 heavy (non-hydrogen) atoms. The Morgan fingerprint density at radius 1 is 1.22 bits per heavy atom. The molecule has 0 saturated carbocycles. The molecule has 1 saturated heterocycles. The minimum atomic E-state index is 0.566. The highest BCUT2D eigenvalue weighted by molar-refractivity contribution is 6.32. The standard InChI is InChI=1S/C17H21ClN4O/c1-12-5-7-22(8-6-12)17-10-16(19-11-20-17)21-13-3-4-15(23-2)14(18)9-13/h3-4,9-12H,5-8H2,1-2H3,(H,19,20,21). The monoisotopic (exact) mass is 332 g/mol. The molecule has 0 bridgehead atoms. The van der Waals surface area contributed by atoms with E-state index in [0.29, 0.717) is 10.8 Å². The van der Waals surface area contributed by atoms with E-state index in [4.69, 9.17) is 16.3 Å². The van der Waals surface area contributed by atoms with E-state index >= 15 is 0 Å². The van der Waals surface area contributed by atoms with Gasteiger partial charge in [-0.25, -0.2) is 9.97 Å². The zero-order valence-corrected chi connectivity index (χ0v) is 14.2. The predicted octanol–water partition coefficient (Wildman–Crippen LogP) is 4.12. The summed E-state index contributed by atoms with van der Waals surface area (Å²) in [6.45, 7) is 4.40. The minimum absolute atomic E-state index is 0.566. The van der Waals surface area contributed by atoms with Gasteiger partial charge in [0, 0.05) is 24.8 Å². The van der Waals surface area contributed by atoms with Gasteiger partial charge < -0.3 is 15.0 Å². The summed E-state index contributed by atoms with van der Waals surface area (Å²) >= 11 is 6.16. The van der Waals surface area contributed by atoms with Gasteiger partial charge in [0.05, 0.1) is 12.1 Å². The van der Waals surface area contributed by atoms with E-state index in [1.807, 2.05) is 24.3 Å². The van der Waals surface area contributed by atoms with Crippen LogP contribution in [-0.2, 0) is 0 Å². The van der Waals surface area contributed by atoms with E-state index in [2.05, 4.69) is 27.1 Å². The van der Waals surface area contributed by atoms with Crippen molar-refractivity contribution in [3.05, 3.63) is 35.6 Å². The second kappa shape index (κ2) is 7.04. The van der Waals surface area contributed by atoms with Crippen LogP contribution in [0.2, 0.25) is 5.02 Å². The third-order valence-electron chi connectivity index (χ3n) is 4.18. The number of anilines is 3. The summed E-state index contributed by atoms with van der Waals surface area (Å²) in [7, 11) is 1.60. The summed E-state index contributed by atoms with van der Waals surface area (Å²) in [6.07, 6.45) is 4.02. The molecule has 0 spiro atoms. The van der Waals surface area contributed by atoms with E-state index in [-0.39, 0.29) is 0 Å². The van der Waals surface area contributed by atoms with Crippen LogP contribution in [-0.4, -0.2) is 30.2 Å². The molecule has 0 amide bonds. The van der Waals surface area contributed by atoms with Crippen molar-refractivity contribution in [1.29, 1.82) is 0 Å². The molecule has 0 aliphatic carbocycles. The SMILES string of the molecule is COc1ccc(Nc2cc(N3CCC(C)CC3)ncn2)cc1Cl. The normalized spacial score (nSPS) is 15.5. The number of hydrogen-bond donors (Lipinski definition) is 1. The number of nitrogens with zero attached hydrogens (tertiary/aromatic N) is 3. The lowest BCUT2D eigenvalue weighted by atomic mass is 9.99. The zero-order chi connectivity index (χ0) is 16.2. The third-order valence-corrected chi connectivity index (χ3v) is 4.48. The Labute approximate surface area is 141 Å². The topological polar surface area (TPSA) is 50.3 Å². The van der Waals surface area contributed by atoms with Crippen molar-refractivity contribution in [2.75, 3.05) is 30.4 Å². The van der Waals surface area contributed by atoms with Gasteiger partial charge in [-0.1, -0.05) is 18.5 Å². The van der Waals surface area contributed by atoms with Gasteiger partial charge in [0.25, 0.3) is 0 Å². The first-order valence-electron chi connectivity index (χ1n) is 7.83. The van der Waals surface area contributed by atoms with Gasteiger partial charge in [0.2, 0.25) is 0 Å². The van der Waals surface area contributed by atoms with Crippen LogP contribution in [0.15, 0.2) is 30.6 Å². The predicted molar refractivity (Wildman–Crippen MR) is 93.9 cm³/mol. The molecule has 1 fully saturated rings. The average Bonchev–Trinajstić information content (AvgIpc) is 2.56. The van der Waals surface area contributed by atoms with Gasteiger partial charge >= 0.3 is 0 Å². The summed E-state index contributed by atoms with van der Waals surface area (Å²) in [5, 5.41) is 3.83. The number of hydrogen-bond acceptors (Lipinski definition) is 5. The lowest BCUT2D eigenvalue weighted by molar-refractivity contribution is 0.415. The Kier molecular flexibility index (Phi) is 4.86. The Hall–Kier alpha value is -2.01. The maximum atomic E-state index is 6.16. The number of rotatable bonds is 4. The van der Waals surface area contributed by atoms with Gasteiger partial charge in [-0.15, -0.1) is 0 Å². The summed E-state index contributed by atoms with van der Waals surface area (Å²) in [5.74, 6) is 3.18. The first kappa shape index (κ1) is 15.9. The first-order chi connectivity index (χ1) is 11.2. The second-order valence-corrected chi connectivity index (χ2v) is 6.31. The molecule has 0 radical (unpaired) electrons. The number of ether oxygens (including phenoxy) is 1. The van der Waals surface area contributed by atoms with Gasteiger partial charge in [-0.3, -0.25) is 0 Å². The highest BCUT2D eigenvalue weighted by atomic mass is 35.5. The van der Waals surface area contributed by atoms with Crippen molar-refractivity contribution >= 4 is 28.9 Å². The Morgan fingerprint density at radius 2 is 2.00 bits per heavy atom. The second-order valence-electron chi connectivity index (χ2n) is 5.91. The van der Waals surface area contributed by atoms with E-state index < -0.39 is 0 Å². The summed E-state index contributed by atoms with van der Waals surface area (Å²) in [6, 6.07) is 7.55. The molecule has 1 aromatic carbocycles. The number of halogens is 1. The molecule has 1 aromatic heterocycles. The van der Waals surface area contributed by atoms with E-state index in [1.165, 1.54) is 12.8 Å². The molecule has 5 nitrogen and oxygen atoms in total. The van der Waals surface area contributed by atoms with Gasteiger partial charge in [-0.05, 0) is 37.0 Å². The molecule has 1 N–H and O–H groups in total. The minimum Gasteiger partial charge on any atom is -0.495 e. The van der Waals surface area contributed by atoms with Gasteiger partial charge in [-0.2, -0.15) is 0 Å². The van der Waals surface area contributed by atoms with Crippen molar-refractivity contribution in [3.63, 3.8) is 0 Å². The Balaban J connectivity index is 1.73. The molecule has 1 aliphatic heterocycles. The third kappa shape index (κ3) is 3.85. The molecule has 1 aliphatic rings. The number of piperidine rings is 1. The number of methoxy groups -OCH3 is 1. The van der Waals surface area contributed by atoms with Gasteiger partial charge in [0.15, 0.2) is 0 Å². The highest BCUT2D eigenvalue weighted by Gasteiger charge is 2.17. The van der Waals surface area contributed by atoms with Crippen LogP contribution in [0.25, 0.3) is 0 Å². The van der Waals surface area contributed by atoms with Crippen molar-refractivity contribution in [2.24, 2.45) is 5.92 Å². The maximum Gasteiger partial charge on any atom is 0.137 e. The average molecular weight is 333 g/mol. The molecule has 2 aromatic rings. The Bertz CT molecular complexity index is 671. The van der Waals surface area contributed by atoms with Gasteiger partial charge in [0.1, 0.15) is 23.7 Å². The first-order valence-corrected chi connectivity index (χ1v) is 8.21. The summed E-state index contributed by atoms with van der Waals surface area (Å²) < 4.78 is 5.17. The van der Waals surface area contributed by atoms with Crippen molar-refractivity contribution in [3.8, 4) is 5.75 Å². The van der Waals surface area contributed by atoms with E-state index in [1.54, 1.807) is 13.4 Å². The lowest BCUT2D eigenvalue weighted by Gasteiger charge is -2.31. The fraction of sp³-hybridized carbons (Fsp3) is 0.412. The fourth-order valence-electron chi connectivity index (χ4n) is 2.72. The molecule has 6 heteroatoms. The molecule has 122 valence electrons. The fourth-order valence-corrected chi connectivity index (χ4v) is 2.98. The quantitative estimate of drug-likeness (QED) is 0.912. The van der Waals surface area contributed by atoms with Crippen LogP contribution in [0.4, 0.5) is 17.3 Å². The van der Waals surface area contributed by atoms with Crippen molar-refractivity contribution in [2.45, 2.75) is 19.8 Å². The van der Waals surface area contributed by atoms with Crippen LogP contribution in [0.1, 0.15) is 19.8 Å². The van der Waals surface area contributed by atoms with E-state index in [9.17, 15) is 0 Å². The van der Waals surface area contributed by atoms with E-state index in [0.717, 1.165) is 36.3 Å². The summed E-state index contributed by atoms with van der Waals surface area (Å²) in [5.41, 5.74) is 0.868. The maximum absolute atomic E-state index is 6.16. The van der Waals surface area contributed by atoms with Crippen LogP contribution < -0.4 is 15.0 Å². The molecule has 0 atom stereocenters. The largest absolute Gasteiger partial charge is 0.495 e.